The van der Waals surface area contributed by atoms with E-state index in [1.165, 1.54) is 11.8 Å². The number of imidazole rings is 1. The lowest BCUT2D eigenvalue weighted by Gasteiger charge is -2.21. The summed E-state index contributed by atoms with van der Waals surface area (Å²) < 4.78 is 6.42. The number of ether oxygens (including phenoxy) is 1. The maximum atomic E-state index is 12.3. The monoisotopic (exact) mass is 365 g/mol. The van der Waals surface area contributed by atoms with Crippen LogP contribution in [0.3, 0.4) is 0 Å². The number of thioether (sulfide) groups is 1. The zero-order valence-electron chi connectivity index (χ0n) is 14.9. The summed E-state index contributed by atoms with van der Waals surface area (Å²) in [7, 11) is 0. The molecule has 6 heteroatoms. The molecule has 0 atom stereocenters. The summed E-state index contributed by atoms with van der Waals surface area (Å²) in [5.41, 5.74) is 3.28. The number of carbonyl (C=O) groups excluding carboxylic acids is 1. The van der Waals surface area contributed by atoms with Crippen molar-refractivity contribution < 1.29 is 9.53 Å². The molecule has 3 rings (SSSR count). The van der Waals surface area contributed by atoms with Gasteiger partial charge in [0.1, 0.15) is 4.75 Å². The maximum absolute atomic E-state index is 12.3. The number of fused-ring (bicyclic) bond motifs is 1. The molecule has 0 aliphatic heterocycles. The fourth-order valence-electron chi connectivity index (χ4n) is 2.58. The van der Waals surface area contributed by atoms with Gasteiger partial charge in [-0.1, -0.05) is 23.9 Å². The van der Waals surface area contributed by atoms with Crippen LogP contribution >= 0.6 is 11.8 Å². The number of nitrogens with zero attached hydrogens (tertiary/aromatic N) is 3. The van der Waals surface area contributed by atoms with Gasteiger partial charge in [-0.25, -0.2) is 4.98 Å². The normalized spacial score (nSPS) is 11.3. The lowest BCUT2D eigenvalue weighted by atomic mass is 10.2. The Bertz CT molecular complexity index is 984. The van der Waals surface area contributed by atoms with Crippen molar-refractivity contribution in [2.45, 2.75) is 30.7 Å². The third kappa shape index (κ3) is 3.44. The highest BCUT2D eigenvalue weighted by Crippen LogP contribution is 2.36. The van der Waals surface area contributed by atoms with Crippen molar-refractivity contribution in [1.29, 1.82) is 5.26 Å². The van der Waals surface area contributed by atoms with Gasteiger partial charge in [-0.05, 0) is 57.2 Å². The maximum Gasteiger partial charge on any atom is 0.322 e. The Morgan fingerprint density at radius 3 is 2.58 bits per heavy atom. The third-order valence-corrected chi connectivity index (χ3v) is 5.03. The first-order valence-corrected chi connectivity index (χ1v) is 9.12. The number of carbonyl (C=O) groups is 1. The molecule has 0 unspecified atom stereocenters. The van der Waals surface area contributed by atoms with Crippen molar-refractivity contribution >= 4 is 28.8 Å². The highest BCUT2D eigenvalue weighted by molar-refractivity contribution is 8.01. The van der Waals surface area contributed by atoms with Crippen LogP contribution in [-0.4, -0.2) is 26.9 Å². The number of hydrogen-bond acceptors (Lipinski definition) is 5. The summed E-state index contributed by atoms with van der Waals surface area (Å²) in [4.78, 5) is 17.0. The van der Waals surface area contributed by atoms with Crippen LogP contribution in [0.1, 0.15) is 26.3 Å². The number of para-hydroxylation sites is 2. The summed E-state index contributed by atoms with van der Waals surface area (Å²) in [5.74, 6) is -0.275. The van der Waals surface area contributed by atoms with E-state index in [0.29, 0.717) is 17.3 Å². The van der Waals surface area contributed by atoms with Crippen LogP contribution < -0.4 is 0 Å². The van der Waals surface area contributed by atoms with E-state index in [-0.39, 0.29) is 5.97 Å². The Hall–Kier alpha value is -2.78. The number of esters is 1. The first-order chi connectivity index (χ1) is 12.5. The molecular weight excluding hydrogens is 346 g/mol. The Morgan fingerprint density at radius 1 is 1.23 bits per heavy atom. The van der Waals surface area contributed by atoms with Crippen LogP contribution in [0, 0.1) is 11.3 Å². The largest absolute Gasteiger partial charge is 0.465 e. The summed E-state index contributed by atoms with van der Waals surface area (Å²) in [5, 5.41) is 9.73. The van der Waals surface area contributed by atoms with Crippen molar-refractivity contribution in [3.8, 4) is 11.8 Å². The molecule has 5 nitrogen and oxygen atoms in total. The predicted octanol–water partition coefficient (Wildman–Crippen LogP) is 4.33. The molecule has 0 N–H and O–H groups in total. The molecule has 0 spiro atoms. The molecule has 1 aromatic heterocycles. The Kier molecular flexibility index (Phi) is 5.01. The fourth-order valence-corrected chi connectivity index (χ4v) is 3.62. The van der Waals surface area contributed by atoms with Crippen molar-refractivity contribution in [3.63, 3.8) is 0 Å². The third-order valence-electron chi connectivity index (χ3n) is 3.90. The first kappa shape index (κ1) is 18.0. The van der Waals surface area contributed by atoms with Crippen LogP contribution in [0.4, 0.5) is 0 Å². The van der Waals surface area contributed by atoms with Crippen LogP contribution in [0.5, 0.6) is 0 Å². The molecule has 0 aliphatic carbocycles. The van der Waals surface area contributed by atoms with Gasteiger partial charge >= 0.3 is 5.97 Å². The van der Waals surface area contributed by atoms with Crippen LogP contribution in [0.15, 0.2) is 53.7 Å². The second kappa shape index (κ2) is 7.22. The van der Waals surface area contributed by atoms with Gasteiger partial charge in [0, 0.05) is 5.69 Å². The van der Waals surface area contributed by atoms with Gasteiger partial charge < -0.3 is 4.74 Å². The van der Waals surface area contributed by atoms with E-state index in [9.17, 15) is 4.79 Å². The number of benzene rings is 2. The summed E-state index contributed by atoms with van der Waals surface area (Å²) in [6.45, 7) is 5.80. The molecule has 0 amide bonds. The van der Waals surface area contributed by atoms with Crippen molar-refractivity contribution in [3.05, 3.63) is 54.1 Å². The van der Waals surface area contributed by atoms with E-state index in [0.717, 1.165) is 16.7 Å². The van der Waals surface area contributed by atoms with Crippen molar-refractivity contribution in [2.75, 3.05) is 6.61 Å². The van der Waals surface area contributed by atoms with Crippen molar-refractivity contribution in [2.24, 2.45) is 0 Å². The van der Waals surface area contributed by atoms with E-state index in [4.69, 9.17) is 15.0 Å². The average Bonchev–Trinajstić information content (AvgIpc) is 2.99. The topological polar surface area (TPSA) is 67.9 Å². The molecule has 1 heterocycles. The zero-order valence-corrected chi connectivity index (χ0v) is 15.7. The lowest BCUT2D eigenvalue weighted by Crippen LogP contribution is -2.30. The van der Waals surface area contributed by atoms with Gasteiger partial charge in [0.25, 0.3) is 0 Å². The quantitative estimate of drug-likeness (QED) is 0.497. The molecule has 132 valence electrons. The van der Waals surface area contributed by atoms with E-state index >= 15 is 0 Å². The van der Waals surface area contributed by atoms with Gasteiger partial charge in [0.05, 0.1) is 29.3 Å². The number of nitriles is 1. The zero-order chi connectivity index (χ0) is 18.7. The smallest absolute Gasteiger partial charge is 0.322 e. The highest BCUT2D eigenvalue weighted by Gasteiger charge is 2.33. The fraction of sp³-hybridized carbons (Fsp3) is 0.250. The van der Waals surface area contributed by atoms with Gasteiger partial charge in [-0.15, -0.1) is 0 Å². The first-order valence-electron chi connectivity index (χ1n) is 8.30. The molecule has 0 saturated carbocycles. The van der Waals surface area contributed by atoms with Crippen LogP contribution in [0.2, 0.25) is 0 Å². The molecule has 0 radical (unpaired) electrons. The SMILES string of the molecule is CCOC(=O)C(C)(C)Sc1nc2ccccc2n1-c1ccc(C#N)cc1. The lowest BCUT2D eigenvalue weighted by molar-refractivity contribution is -0.145. The standard InChI is InChI=1S/C20H19N3O2S/c1-4-25-18(24)20(2,3)26-19-22-16-7-5-6-8-17(16)23(19)15-11-9-14(13-21)10-12-15/h5-12H,4H2,1-3H3. The number of aromatic nitrogens is 2. The van der Waals surface area contributed by atoms with Crippen LogP contribution in [0.25, 0.3) is 16.7 Å². The molecule has 0 aliphatic rings. The molecule has 0 saturated heterocycles. The van der Waals surface area contributed by atoms with Crippen molar-refractivity contribution in [1.82, 2.24) is 9.55 Å². The summed E-state index contributed by atoms with van der Waals surface area (Å²) in [6.07, 6.45) is 0. The Morgan fingerprint density at radius 2 is 1.92 bits per heavy atom. The van der Waals surface area contributed by atoms with Gasteiger partial charge in [-0.3, -0.25) is 9.36 Å². The Labute approximate surface area is 156 Å². The van der Waals surface area contributed by atoms with Crippen LogP contribution in [-0.2, 0) is 9.53 Å². The van der Waals surface area contributed by atoms with Gasteiger partial charge in [-0.2, -0.15) is 5.26 Å². The van der Waals surface area contributed by atoms with E-state index in [2.05, 4.69) is 6.07 Å². The molecule has 26 heavy (non-hydrogen) atoms. The predicted molar refractivity (Wildman–Crippen MR) is 102 cm³/mol. The summed E-state index contributed by atoms with van der Waals surface area (Å²) >= 11 is 1.36. The number of hydrogen-bond donors (Lipinski definition) is 0. The average molecular weight is 365 g/mol. The molecular formula is C20H19N3O2S. The molecule has 2 aromatic carbocycles. The molecule has 0 fully saturated rings. The van der Waals surface area contributed by atoms with E-state index in [1.807, 2.05) is 54.8 Å². The van der Waals surface area contributed by atoms with Gasteiger partial charge in [0.2, 0.25) is 0 Å². The number of rotatable bonds is 5. The second-order valence-electron chi connectivity index (χ2n) is 6.21. The molecule has 3 aromatic rings. The Balaban J connectivity index is 2.10. The van der Waals surface area contributed by atoms with E-state index < -0.39 is 4.75 Å². The summed E-state index contributed by atoms with van der Waals surface area (Å²) in [6, 6.07) is 17.3. The second-order valence-corrected chi connectivity index (χ2v) is 7.80. The molecule has 0 bridgehead atoms. The van der Waals surface area contributed by atoms with E-state index in [1.54, 1.807) is 19.1 Å². The minimum atomic E-state index is -0.776. The van der Waals surface area contributed by atoms with Gasteiger partial charge in [0.15, 0.2) is 5.16 Å². The minimum Gasteiger partial charge on any atom is -0.465 e. The minimum absolute atomic E-state index is 0.275. The highest BCUT2D eigenvalue weighted by atomic mass is 32.2.